The number of fused-ring (bicyclic) bond motifs is 1. The molecule has 23 heavy (non-hydrogen) atoms. The molecule has 2 atom stereocenters. The minimum atomic E-state index is -0.516. The van der Waals surface area contributed by atoms with Crippen LogP contribution in [0.25, 0.3) is 0 Å². The molecule has 0 bridgehead atoms. The van der Waals surface area contributed by atoms with Crippen LogP contribution in [0.2, 0.25) is 0 Å². The molecule has 0 N–H and O–H groups in total. The van der Waals surface area contributed by atoms with E-state index in [2.05, 4.69) is 15.9 Å². The molecule has 1 heterocycles. The van der Waals surface area contributed by atoms with Crippen molar-refractivity contribution in [3.63, 3.8) is 0 Å². The lowest BCUT2D eigenvalue weighted by atomic mass is 9.93. The van der Waals surface area contributed by atoms with Crippen LogP contribution < -0.4 is 0 Å². The Morgan fingerprint density at radius 2 is 2.09 bits per heavy atom. The van der Waals surface area contributed by atoms with Gasteiger partial charge < -0.3 is 9.64 Å². The van der Waals surface area contributed by atoms with Gasteiger partial charge in [0.15, 0.2) is 5.78 Å². The molecule has 0 aromatic heterocycles. The molecule has 4 nitrogen and oxygen atoms in total. The van der Waals surface area contributed by atoms with Crippen molar-refractivity contribution in [3.05, 3.63) is 33.8 Å². The average Bonchev–Trinajstić information content (AvgIpc) is 3.01. The zero-order chi connectivity index (χ0) is 16.8. The Bertz CT molecular complexity index is 650. The molecule has 1 aliphatic carbocycles. The van der Waals surface area contributed by atoms with Crippen molar-refractivity contribution in [2.24, 2.45) is 5.92 Å². The van der Waals surface area contributed by atoms with Crippen molar-refractivity contribution in [2.75, 3.05) is 6.54 Å². The van der Waals surface area contributed by atoms with Crippen molar-refractivity contribution < 1.29 is 14.3 Å². The van der Waals surface area contributed by atoms with Crippen LogP contribution >= 0.6 is 15.9 Å². The van der Waals surface area contributed by atoms with Gasteiger partial charge in [-0.25, -0.2) is 4.79 Å². The van der Waals surface area contributed by atoms with E-state index >= 15 is 0 Å². The number of ether oxygens (including phenoxy) is 1. The van der Waals surface area contributed by atoms with E-state index in [4.69, 9.17) is 4.74 Å². The fraction of sp³-hybridized carbons (Fsp3) is 0.556. The van der Waals surface area contributed by atoms with Crippen LogP contribution in [0.1, 0.15) is 49.5 Å². The lowest BCUT2D eigenvalue weighted by Gasteiger charge is -2.31. The molecular formula is C18H22BrNO3. The van der Waals surface area contributed by atoms with Crippen LogP contribution in [0.15, 0.2) is 22.7 Å². The molecule has 1 saturated heterocycles. The van der Waals surface area contributed by atoms with Crippen molar-refractivity contribution in [3.8, 4) is 0 Å². The topological polar surface area (TPSA) is 46.6 Å². The van der Waals surface area contributed by atoms with E-state index in [1.54, 1.807) is 4.90 Å². The third-order valence-corrected chi connectivity index (χ3v) is 4.99. The van der Waals surface area contributed by atoms with Gasteiger partial charge in [-0.1, -0.05) is 22.0 Å². The number of hydrogen-bond acceptors (Lipinski definition) is 3. The number of halogens is 1. The maximum absolute atomic E-state index is 12.8. The smallest absolute Gasteiger partial charge is 0.410 e. The third kappa shape index (κ3) is 3.30. The summed E-state index contributed by atoms with van der Waals surface area (Å²) < 4.78 is 6.50. The number of Topliss-reactive ketones (excluding diaryl/α,β-unsaturated/α-hetero) is 1. The molecule has 2 aliphatic rings. The molecule has 1 fully saturated rings. The Hall–Kier alpha value is -1.36. The quantitative estimate of drug-likeness (QED) is 0.734. The van der Waals surface area contributed by atoms with Crippen LogP contribution in [0.4, 0.5) is 4.79 Å². The van der Waals surface area contributed by atoms with Gasteiger partial charge in [0.2, 0.25) is 0 Å². The van der Waals surface area contributed by atoms with Crippen LogP contribution in [-0.4, -0.2) is 35.0 Å². The van der Waals surface area contributed by atoms with E-state index < -0.39 is 5.60 Å². The summed E-state index contributed by atoms with van der Waals surface area (Å²) in [6.07, 6.45) is 2.20. The molecule has 1 aromatic rings. The first-order valence-electron chi connectivity index (χ1n) is 8.08. The molecule has 0 saturated carbocycles. The fourth-order valence-electron chi connectivity index (χ4n) is 3.57. The Kier molecular flexibility index (Phi) is 4.25. The normalized spacial score (nSPS) is 24.0. The third-order valence-electron chi connectivity index (χ3n) is 4.50. The Labute approximate surface area is 145 Å². The molecule has 1 aromatic carbocycles. The summed E-state index contributed by atoms with van der Waals surface area (Å²) in [5.74, 6) is 0.0160. The predicted molar refractivity (Wildman–Crippen MR) is 91.6 cm³/mol. The second kappa shape index (κ2) is 5.93. The zero-order valence-corrected chi connectivity index (χ0v) is 15.4. The van der Waals surface area contributed by atoms with E-state index in [9.17, 15) is 9.59 Å². The monoisotopic (exact) mass is 379 g/mol. The van der Waals surface area contributed by atoms with Gasteiger partial charge in [-0.2, -0.15) is 0 Å². The fourth-order valence-corrected chi connectivity index (χ4v) is 3.98. The first-order chi connectivity index (χ1) is 10.8. The van der Waals surface area contributed by atoms with Gasteiger partial charge in [0.1, 0.15) is 5.60 Å². The summed E-state index contributed by atoms with van der Waals surface area (Å²) in [7, 11) is 0. The highest BCUT2D eigenvalue weighted by Gasteiger charge is 2.43. The van der Waals surface area contributed by atoms with Crippen molar-refractivity contribution >= 4 is 27.8 Å². The minimum Gasteiger partial charge on any atom is -0.444 e. The molecule has 3 rings (SSSR count). The summed E-state index contributed by atoms with van der Waals surface area (Å²) in [4.78, 5) is 27.0. The number of nitrogens with zero attached hydrogens (tertiary/aromatic N) is 1. The Morgan fingerprint density at radius 3 is 2.78 bits per heavy atom. The second-order valence-corrected chi connectivity index (χ2v) is 8.28. The molecule has 124 valence electrons. The maximum Gasteiger partial charge on any atom is 0.410 e. The van der Waals surface area contributed by atoms with Gasteiger partial charge in [0.05, 0.1) is 0 Å². The maximum atomic E-state index is 12.8. The van der Waals surface area contributed by atoms with E-state index in [-0.39, 0.29) is 23.8 Å². The van der Waals surface area contributed by atoms with Gasteiger partial charge in [0.25, 0.3) is 0 Å². The molecule has 0 spiro atoms. The highest BCUT2D eigenvalue weighted by Crippen LogP contribution is 2.36. The summed E-state index contributed by atoms with van der Waals surface area (Å²) >= 11 is 3.46. The van der Waals surface area contributed by atoms with E-state index in [0.717, 1.165) is 28.4 Å². The lowest BCUT2D eigenvalue weighted by molar-refractivity contribution is 0.0185. The van der Waals surface area contributed by atoms with Gasteiger partial charge in [-0.05, 0) is 57.7 Å². The number of benzene rings is 1. The van der Waals surface area contributed by atoms with E-state index in [0.29, 0.717) is 13.0 Å². The van der Waals surface area contributed by atoms with Gasteiger partial charge in [-0.15, -0.1) is 0 Å². The van der Waals surface area contributed by atoms with Crippen molar-refractivity contribution in [1.29, 1.82) is 0 Å². The van der Waals surface area contributed by atoms with Crippen LogP contribution in [0.3, 0.4) is 0 Å². The van der Waals surface area contributed by atoms with Crippen molar-refractivity contribution in [2.45, 2.75) is 51.7 Å². The number of hydrogen-bond donors (Lipinski definition) is 0. The first kappa shape index (κ1) is 16.5. The number of carbonyl (C=O) groups excluding carboxylic acids is 2. The molecule has 0 radical (unpaired) electrons. The highest BCUT2D eigenvalue weighted by molar-refractivity contribution is 9.10. The average molecular weight is 380 g/mol. The van der Waals surface area contributed by atoms with Crippen LogP contribution in [-0.2, 0) is 11.2 Å². The second-order valence-electron chi connectivity index (χ2n) is 7.36. The summed E-state index contributed by atoms with van der Waals surface area (Å²) in [6, 6.07) is 5.75. The summed E-state index contributed by atoms with van der Waals surface area (Å²) in [5, 5.41) is 0. The molecule has 1 amide bonds. The number of carbonyl (C=O) groups is 2. The largest absolute Gasteiger partial charge is 0.444 e. The Morgan fingerprint density at radius 1 is 1.35 bits per heavy atom. The number of amides is 1. The summed E-state index contributed by atoms with van der Waals surface area (Å²) in [5.41, 5.74) is 1.36. The number of rotatable bonds is 1. The zero-order valence-electron chi connectivity index (χ0n) is 13.8. The molecule has 2 unspecified atom stereocenters. The van der Waals surface area contributed by atoms with Gasteiger partial charge in [-0.3, -0.25) is 4.79 Å². The summed E-state index contributed by atoms with van der Waals surface area (Å²) in [6.45, 7) is 6.27. The van der Waals surface area contributed by atoms with Crippen LogP contribution in [0.5, 0.6) is 0 Å². The molecule has 1 aliphatic heterocycles. The van der Waals surface area contributed by atoms with E-state index in [1.165, 1.54) is 0 Å². The van der Waals surface area contributed by atoms with Crippen molar-refractivity contribution in [1.82, 2.24) is 4.90 Å². The SMILES string of the molecule is CC(C)(C)OC(=O)N1CCCC1C1Cc2cc(Br)ccc2C1=O. The Balaban J connectivity index is 1.79. The highest BCUT2D eigenvalue weighted by atomic mass is 79.9. The molecular weight excluding hydrogens is 358 g/mol. The number of likely N-dealkylation sites (tertiary alicyclic amines) is 1. The predicted octanol–water partition coefficient (Wildman–Crippen LogP) is 4.20. The van der Waals surface area contributed by atoms with Gasteiger partial charge in [0, 0.05) is 28.5 Å². The van der Waals surface area contributed by atoms with E-state index in [1.807, 2.05) is 39.0 Å². The minimum absolute atomic E-state index is 0.0523. The number of ketones is 1. The van der Waals surface area contributed by atoms with Gasteiger partial charge >= 0.3 is 6.09 Å². The first-order valence-corrected chi connectivity index (χ1v) is 8.88. The lowest BCUT2D eigenvalue weighted by Crippen LogP contribution is -2.44. The molecule has 5 heteroatoms. The standard InChI is InChI=1S/C18H22BrNO3/c1-18(2,3)23-17(22)20-8-4-5-15(20)14-10-11-9-12(19)6-7-13(11)16(14)21/h6-7,9,14-15H,4-5,8,10H2,1-3H3. The van der Waals surface area contributed by atoms with Crippen LogP contribution in [0, 0.1) is 5.92 Å².